The molecule has 0 bridgehead atoms. The van der Waals surface area contributed by atoms with Crippen molar-refractivity contribution in [3.63, 3.8) is 0 Å². The first-order valence-corrected chi connectivity index (χ1v) is 10.9. The maximum absolute atomic E-state index is 10.1. The summed E-state index contributed by atoms with van der Waals surface area (Å²) in [4.78, 5) is 0. The first-order chi connectivity index (χ1) is 12.4. The Bertz CT molecular complexity index is 556. The maximum atomic E-state index is 10.1. The molecule has 0 amide bonds. The predicted octanol–water partition coefficient (Wildman–Crippen LogP) is 3.88. The quantitative estimate of drug-likeness (QED) is 0.159. The fraction of sp³-hybridized carbons (Fsp3) is 0.737. The minimum Gasteiger partial charge on any atom is -0.726 e. The van der Waals surface area contributed by atoms with Gasteiger partial charge in [-0.05, 0) is 6.42 Å². The fourth-order valence-electron chi connectivity index (χ4n) is 2.51. The van der Waals surface area contributed by atoms with Gasteiger partial charge in [0.05, 0.1) is 13.7 Å². The van der Waals surface area contributed by atoms with E-state index in [1.165, 1.54) is 44.9 Å². The van der Waals surface area contributed by atoms with Gasteiger partial charge in [-0.3, -0.25) is 4.18 Å². The van der Waals surface area contributed by atoms with Crippen LogP contribution in [0.2, 0.25) is 0 Å². The van der Waals surface area contributed by atoms with E-state index in [1.54, 1.807) is 0 Å². The first-order valence-electron chi connectivity index (χ1n) is 9.61. The molecule has 6 nitrogen and oxygen atoms in total. The molecule has 1 aromatic rings. The van der Waals surface area contributed by atoms with Crippen LogP contribution in [0.4, 0.5) is 0 Å². The standard InChI is InChI=1S/C12H26O4S.C7H11N2/c1-2-3-4-5-6-7-8-9-10-11-12-16-17(13,14)15;1-3-4-9-6-5-8(2)7-9/h2-12H2,1H3,(H,13,14,15);3,5-7H,1,4H2,2H3/q;+1/p-1. The van der Waals surface area contributed by atoms with Crippen LogP contribution in [0, 0.1) is 0 Å². The van der Waals surface area contributed by atoms with Gasteiger partial charge in [-0.15, -0.1) is 0 Å². The Morgan fingerprint density at radius 1 is 1.08 bits per heavy atom. The molecule has 0 atom stereocenters. The highest BCUT2D eigenvalue weighted by Crippen LogP contribution is 2.10. The van der Waals surface area contributed by atoms with Crippen LogP contribution in [-0.4, -0.2) is 24.1 Å². The van der Waals surface area contributed by atoms with Gasteiger partial charge in [-0.1, -0.05) is 77.4 Å². The average Bonchev–Trinajstić information content (AvgIpc) is 2.98. The van der Waals surface area contributed by atoms with Crippen molar-refractivity contribution in [2.75, 3.05) is 6.61 Å². The van der Waals surface area contributed by atoms with Gasteiger partial charge >= 0.3 is 0 Å². The largest absolute Gasteiger partial charge is 0.726 e. The van der Waals surface area contributed by atoms with E-state index >= 15 is 0 Å². The molecule has 0 radical (unpaired) electrons. The van der Waals surface area contributed by atoms with E-state index in [4.69, 9.17) is 0 Å². The Morgan fingerprint density at radius 2 is 1.62 bits per heavy atom. The maximum Gasteiger partial charge on any atom is 0.243 e. The first kappa shape index (κ1) is 24.8. The normalized spacial score (nSPS) is 11.0. The van der Waals surface area contributed by atoms with Crippen molar-refractivity contribution in [3.8, 4) is 0 Å². The molecule has 0 aliphatic carbocycles. The molecule has 1 rings (SSSR count). The summed E-state index contributed by atoms with van der Waals surface area (Å²) in [6, 6.07) is 0. The van der Waals surface area contributed by atoms with E-state index in [0.717, 1.165) is 19.4 Å². The second kappa shape index (κ2) is 16.0. The zero-order valence-corrected chi connectivity index (χ0v) is 17.3. The molecule has 0 aromatic carbocycles. The van der Waals surface area contributed by atoms with Crippen LogP contribution in [0.25, 0.3) is 0 Å². The van der Waals surface area contributed by atoms with Crippen molar-refractivity contribution < 1.29 is 21.7 Å². The number of imidazole rings is 1. The topological polar surface area (TPSA) is 75.2 Å². The molecular weight excluding hydrogens is 352 g/mol. The Hall–Kier alpha value is -1.18. The van der Waals surface area contributed by atoms with Gasteiger partial charge in [0, 0.05) is 0 Å². The van der Waals surface area contributed by atoms with E-state index in [9.17, 15) is 13.0 Å². The lowest BCUT2D eigenvalue weighted by molar-refractivity contribution is -0.671. The molecule has 1 aromatic heterocycles. The minimum atomic E-state index is -4.48. The lowest BCUT2D eigenvalue weighted by Crippen LogP contribution is -2.23. The number of unbranched alkanes of at least 4 members (excludes halogenated alkanes) is 9. The summed E-state index contributed by atoms with van der Waals surface area (Å²) >= 11 is 0. The number of aromatic nitrogens is 2. The second-order valence-corrected chi connectivity index (χ2v) is 7.53. The monoisotopic (exact) mass is 388 g/mol. The van der Waals surface area contributed by atoms with E-state index in [2.05, 4.69) is 22.3 Å². The molecule has 26 heavy (non-hydrogen) atoms. The van der Waals surface area contributed by atoms with Crippen LogP contribution in [0.15, 0.2) is 31.4 Å². The Labute approximate surface area is 159 Å². The molecule has 0 saturated heterocycles. The van der Waals surface area contributed by atoms with Crippen molar-refractivity contribution in [3.05, 3.63) is 31.4 Å². The van der Waals surface area contributed by atoms with Crippen molar-refractivity contribution in [1.82, 2.24) is 4.57 Å². The van der Waals surface area contributed by atoms with E-state index in [0.29, 0.717) is 6.42 Å². The van der Waals surface area contributed by atoms with Crippen LogP contribution in [0.3, 0.4) is 0 Å². The average molecular weight is 389 g/mol. The van der Waals surface area contributed by atoms with Crippen molar-refractivity contribution in [2.24, 2.45) is 7.05 Å². The summed E-state index contributed by atoms with van der Waals surface area (Å²) in [5.41, 5.74) is 0. The molecule has 0 unspecified atom stereocenters. The summed E-state index contributed by atoms with van der Waals surface area (Å²) < 4.78 is 38.5. The van der Waals surface area contributed by atoms with Crippen LogP contribution in [0.5, 0.6) is 0 Å². The van der Waals surface area contributed by atoms with Gasteiger partial charge in [0.25, 0.3) is 0 Å². The highest BCUT2D eigenvalue weighted by molar-refractivity contribution is 7.80. The molecule has 0 aliphatic heterocycles. The Morgan fingerprint density at radius 3 is 2.04 bits per heavy atom. The van der Waals surface area contributed by atoms with Crippen molar-refractivity contribution in [2.45, 2.75) is 77.7 Å². The van der Waals surface area contributed by atoms with Crippen LogP contribution >= 0.6 is 0 Å². The summed E-state index contributed by atoms with van der Waals surface area (Å²) in [7, 11) is -2.48. The zero-order valence-electron chi connectivity index (χ0n) is 16.4. The van der Waals surface area contributed by atoms with Crippen LogP contribution < -0.4 is 4.57 Å². The number of allylic oxidation sites excluding steroid dienone is 1. The van der Waals surface area contributed by atoms with Gasteiger partial charge in [0.15, 0.2) is 0 Å². The van der Waals surface area contributed by atoms with E-state index in [-0.39, 0.29) is 6.61 Å². The third-order valence-corrected chi connectivity index (χ3v) is 4.34. The van der Waals surface area contributed by atoms with Crippen LogP contribution in [0.1, 0.15) is 71.1 Å². The summed E-state index contributed by atoms with van der Waals surface area (Å²) in [6.45, 7) is 6.77. The minimum absolute atomic E-state index is 0.0301. The molecule has 1 heterocycles. The van der Waals surface area contributed by atoms with E-state index in [1.807, 2.05) is 36.4 Å². The number of aryl methyl sites for hydroxylation is 1. The SMILES string of the molecule is C=CCn1cc[n+](C)c1.CCCCCCCCCCCCOS(=O)(=O)[O-]. The van der Waals surface area contributed by atoms with Crippen LogP contribution in [-0.2, 0) is 28.2 Å². The fourth-order valence-corrected chi connectivity index (χ4v) is 2.83. The molecule has 0 N–H and O–H groups in total. The third-order valence-electron chi connectivity index (χ3n) is 3.89. The summed E-state index contributed by atoms with van der Waals surface area (Å²) in [6.07, 6.45) is 19.6. The number of nitrogens with zero attached hydrogens (tertiary/aromatic N) is 2. The highest BCUT2D eigenvalue weighted by atomic mass is 32.3. The van der Waals surface area contributed by atoms with Gasteiger partial charge in [0.2, 0.25) is 16.7 Å². The lowest BCUT2D eigenvalue weighted by atomic mass is 10.1. The van der Waals surface area contributed by atoms with Crippen molar-refractivity contribution in [1.29, 1.82) is 0 Å². The lowest BCUT2D eigenvalue weighted by Gasteiger charge is -2.06. The molecule has 0 aliphatic rings. The Balaban J connectivity index is 0.000000577. The second-order valence-electron chi connectivity index (χ2n) is 6.48. The predicted molar refractivity (Wildman–Crippen MR) is 103 cm³/mol. The summed E-state index contributed by atoms with van der Waals surface area (Å²) in [5.74, 6) is 0. The number of hydrogen-bond acceptors (Lipinski definition) is 4. The molecule has 0 fully saturated rings. The number of hydrogen-bond donors (Lipinski definition) is 0. The molecule has 0 spiro atoms. The molecule has 0 saturated carbocycles. The van der Waals surface area contributed by atoms with Crippen molar-refractivity contribution >= 4 is 10.4 Å². The summed E-state index contributed by atoms with van der Waals surface area (Å²) in [5, 5.41) is 0. The van der Waals surface area contributed by atoms with Gasteiger partial charge in [-0.2, -0.15) is 0 Å². The molecular formula is C19H36N2O4S. The highest BCUT2D eigenvalue weighted by Gasteiger charge is 1.96. The zero-order chi connectivity index (χ0) is 19.7. The molecule has 7 heteroatoms. The Kier molecular flexibility index (Phi) is 15.3. The van der Waals surface area contributed by atoms with E-state index < -0.39 is 10.4 Å². The van der Waals surface area contributed by atoms with Gasteiger partial charge in [-0.25, -0.2) is 17.6 Å². The van der Waals surface area contributed by atoms with Gasteiger partial charge < -0.3 is 4.55 Å². The molecule has 152 valence electrons. The smallest absolute Gasteiger partial charge is 0.243 e. The third kappa shape index (κ3) is 17.6. The number of rotatable bonds is 14. The van der Waals surface area contributed by atoms with Gasteiger partial charge in [0.1, 0.15) is 18.9 Å².